The van der Waals surface area contributed by atoms with E-state index in [2.05, 4.69) is 0 Å². The first kappa shape index (κ1) is 37.0. The summed E-state index contributed by atoms with van der Waals surface area (Å²) in [6.07, 6.45) is -0.535. The van der Waals surface area contributed by atoms with Crippen LogP contribution in [0.5, 0.6) is 0 Å². The van der Waals surface area contributed by atoms with Crippen LogP contribution >= 0.6 is 0 Å². The number of carbonyl (C=O) groups is 7. The molecule has 3 rings (SSSR count). The largest absolute Gasteiger partial charge is 0.382 e. The minimum Gasteiger partial charge on any atom is -0.382 e. The summed E-state index contributed by atoms with van der Waals surface area (Å²) in [4.78, 5) is 97.6. The molecule has 3 fully saturated rings. The topological polar surface area (TPSA) is 194 Å². The zero-order valence-electron chi connectivity index (χ0n) is 26.2. The van der Waals surface area contributed by atoms with Crippen LogP contribution in [0.2, 0.25) is 0 Å². The normalized spacial score (nSPS) is 18.1. The van der Waals surface area contributed by atoms with Gasteiger partial charge in [0, 0.05) is 45.9 Å². The Morgan fingerprint density at radius 1 is 0.587 bits per heavy atom. The molecule has 0 bridgehead atoms. The summed E-state index contributed by atoms with van der Waals surface area (Å²) in [7, 11) is 1.60. The molecule has 3 aliphatic rings. The van der Waals surface area contributed by atoms with Crippen LogP contribution < -0.4 is 0 Å². The number of methoxy groups -OCH3 is 1. The molecule has 0 aromatic rings. The Bertz CT molecular complexity index is 1010. The van der Waals surface area contributed by atoms with Gasteiger partial charge in [-0.2, -0.15) is 0 Å². The Morgan fingerprint density at radius 2 is 0.957 bits per heavy atom. The van der Waals surface area contributed by atoms with E-state index < -0.39 is 41.0 Å². The van der Waals surface area contributed by atoms with Crippen molar-refractivity contribution in [3.05, 3.63) is 0 Å². The highest BCUT2D eigenvalue weighted by Gasteiger charge is 2.43. The molecule has 5 amide bonds. The predicted molar refractivity (Wildman–Crippen MR) is 152 cm³/mol. The van der Waals surface area contributed by atoms with Crippen molar-refractivity contribution in [3.8, 4) is 0 Å². The van der Waals surface area contributed by atoms with E-state index in [1.165, 1.54) is 0 Å². The zero-order valence-corrected chi connectivity index (χ0v) is 26.2. The lowest BCUT2D eigenvalue weighted by Crippen LogP contribution is -2.46. The van der Waals surface area contributed by atoms with Crippen LogP contribution in [0.3, 0.4) is 0 Å². The van der Waals surface area contributed by atoms with E-state index in [0.717, 1.165) is 0 Å². The molecule has 0 aromatic heterocycles. The number of hydrogen-bond acceptors (Lipinski definition) is 14. The minimum absolute atomic E-state index is 0.0727. The number of hydrogen-bond donors (Lipinski definition) is 0. The van der Waals surface area contributed by atoms with E-state index >= 15 is 0 Å². The van der Waals surface area contributed by atoms with Crippen LogP contribution in [0.1, 0.15) is 57.8 Å². The lowest BCUT2D eigenvalue weighted by molar-refractivity contribution is -0.203. The number of likely N-dealkylation sites (tertiary alicyclic amines) is 1. The van der Waals surface area contributed by atoms with Gasteiger partial charge in [-0.1, -0.05) is 0 Å². The molecule has 0 unspecified atom stereocenters. The van der Waals surface area contributed by atoms with Gasteiger partial charge in [0.05, 0.1) is 78.7 Å². The van der Waals surface area contributed by atoms with Gasteiger partial charge in [0.25, 0.3) is 23.6 Å². The molecule has 0 spiro atoms. The molecule has 17 heteroatoms. The van der Waals surface area contributed by atoms with Crippen LogP contribution in [0, 0.1) is 5.41 Å². The van der Waals surface area contributed by atoms with Crippen molar-refractivity contribution in [2.24, 2.45) is 5.41 Å². The van der Waals surface area contributed by atoms with Crippen molar-refractivity contribution in [1.29, 1.82) is 0 Å². The highest BCUT2D eigenvalue weighted by molar-refractivity contribution is 6.02. The minimum atomic E-state index is -1.07. The second kappa shape index (κ2) is 19.2. The second-order valence-electron chi connectivity index (χ2n) is 11.0. The lowest BCUT2D eigenvalue weighted by Gasteiger charge is -2.41. The fourth-order valence-electron chi connectivity index (χ4n) is 5.06. The third-order valence-electron chi connectivity index (χ3n) is 7.62. The van der Waals surface area contributed by atoms with E-state index in [1.54, 1.807) is 12.0 Å². The molecule has 0 atom stereocenters. The molecule has 3 saturated heterocycles. The fourth-order valence-corrected chi connectivity index (χ4v) is 5.06. The van der Waals surface area contributed by atoms with E-state index in [4.69, 9.17) is 33.4 Å². The van der Waals surface area contributed by atoms with Gasteiger partial charge in [0.1, 0.15) is 0 Å². The third-order valence-corrected chi connectivity index (χ3v) is 7.62. The standard InChI is InChI=1S/C29H43N3O14/c1-40-12-13-42-16-17-44-19-18-43-15-14-41-11-6-22(33)30-9-7-29(8-10-30,20-27(38)45-31-23(34)2-3-24(31)35)21-28(39)46-32-25(36)4-5-26(32)37/h2-21H2,1H3. The second-order valence-corrected chi connectivity index (χ2v) is 11.0. The van der Waals surface area contributed by atoms with Crippen molar-refractivity contribution in [2.45, 2.75) is 57.8 Å². The molecular weight excluding hydrogens is 614 g/mol. The van der Waals surface area contributed by atoms with E-state index in [1.807, 2.05) is 0 Å². The maximum atomic E-state index is 12.8. The zero-order chi connectivity index (χ0) is 33.4. The molecule has 3 aliphatic heterocycles. The number of imide groups is 2. The van der Waals surface area contributed by atoms with Crippen molar-refractivity contribution in [3.63, 3.8) is 0 Å². The van der Waals surface area contributed by atoms with Crippen LogP contribution in [-0.4, -0.2) is 136 Å². The van der Waals surface area contributed by atoms with Gasteiger partial charge in [0.2, 0.25) is 5.91 Å². The first-order chi connectivity index (χ1) is 22.1. The SMILES string of the molecule is COCCOCCOCCOCCOCCC(=O)N1CCC(CC(=O)ON2C(=O)CCC2=O)(CC(=O)ON2C(=O)CCC2=O)CC1. The summed E-state index contributed by atoms with van der Waals surface area (Å²) in [5.41, 5.74) is -1.07. The van der Waals surface area contributed by atoms with Crippen LogP contribution in [0.15, 0.2) is 0 Å². The number of hydroxylamine groups is 4. The highest BCUT2D eigenvalue weighted by Crippen LogP contribution is 2.40. The maximum absolute atomic E-state index is 12.8. The number of nitrogens with zero attached hydrogens (tertiary/aromatic N) is 3. The van der Waals surface area contributed by atoms with Crippen LogP contribution in [0.25, 0.3) is 0 Å². The van der Waals surface area contributed by atoms with Crippen LogP contribution in [-0.2, 0) is 66.9 Å². The first-order valence-electron chi connectivity index (χ1n) is 15.3. The monoisotopic (exact) mass is 657 g/mol. The lowest BCUT2D eigenvalue weighted by atomic mass is 9.73. The predicted octanol–water partition coefficient (Wildman–Crippen LogP) is -0.307. The summed E-state index contributed by atoms with van der Waals surface area (Å²) in [6, 6.07) is 0. The Labute approximate surface area is 266 Å². The fraction of sp³-hybridized carbons (Fsp3) is 0.759. The number of ether oxygens (including phenoxy) is 5. The highest BCUT2D eigenvalue weighted by atomic mass is 16.7. The molecular formula is C29H43N3O14. The van der Waals surface area contributed by atoms with E-state index in [-0.39, 0.29) is 83.4 Å². The maximum Gasteiger partial charge on any atom is 0.333 e. The van der Waals surface area contributed by atoms with E-state index in [9.17, 15) is 33.6 Å². The molecule has 0 saturated carbocycles. The quantitative estimate of drug-likeness (QED) is 0.115. The number of carbonyl (C=O) groups excluding carboxylic acids is 7. The van der Waals surface area contributed by atoms with Crippen molar-refractivity contribution < 1.29 is 66.9 Å². The summed E-state index contributed by atoms with van der Waals surface area (Å²) in [5.74, 6) is -4.55. The van der Waals surface area contributed by atoms with Crippen LogP contribution in [0.4, 0.5) is 0 Å². The molecule has 46 heavy (non-hydrogen) atoms. The van der Waals surface area contributed by atoms with Gasteiger partial charge in [-0.15, -0.1) is 10.1 Å². The summed E-state index contributed by atoms with van der Waals surface area (Å²) >= 11 is 0. The Balaban J connectivity index is 1.39. The molecule has 0 radical (unpaired) electrons. The van der Waals surface area contributed by atoms with Gasteiger partial charge < -0.3 is 38.3 Å². The molecule has 0 aromatic carbocycles. The van der Waals surface area contributed by atoms with Crippen molar-refractivity contribution >= 4 is 41.5 Å². The number of piperidine rings is 1. The van der Waals surface area contributed by atoms with Crippen molar-refractivity contribution in [1.82, 2.24) is 15.0 Å². The number of amides is 5. The average Bonchev–Trinajstić information content (AvgIpc) is 3.51. The Hall–Kier alpha value is -3.51. The molecule has 0 aliphatic carbocycles. The molecule has 3 heterocycles. The Kier molecular flexibility index (Phi) is 15.4. The average molecular weight is 658 g/mol. The van der Waals surface area contributed by atoms with Gasteiger partial charge in [-0.05, 0) is 18.3 Å². The van der Waals surface area contributed by atoms with Gasteiger partial charge in [0.15, 0.2) is 0 Å². The summed E-state index contributed by atoms with van der Waals surface area (Å²) in [5, 5.41) is 0.853. The van der Waals surface area contributed by atoms with Gasteiger partial charge in [-0.3, -0.25) is 24.0 Å². The number of rotatable bonds is 21. The van der Waals surface area contributed by atoms with Crippen molar-refractivity contribution in [2.75, 3.05) is 79.7 Å². The molecule has 258 valence electrons. The molecule has 17 nitrogen and oxygen atoms in total. The van der Waals surface area contributed by atoms with Gasteiger partial charge in [-0.25, -0.2) is 9.59 Å². The van der Waals surface area contributed by atoms with E-state index in [0.29, 0.717) is 63.0 Å². The first-order valence-corrected chi connectivity index (χ1v) is 15.3. The Morgan fingerprint density at radius 3 is 1.35 bits per heavy atom. The third kappa shape index (κ3) is 12.0. The molecule has 0 N–H and O–H groups in total. The summed E-state index contributed by atoms with van der Waals surface area (Å²) in [6.45, 7) is 4.00. The van der Waals surface area contributed by atoms with Gasteiger partial charge >= 0.3 is 11.9 Å². The smallest absolute Gasteiger partial charge is 0.333 e. The summed E-state index contributed by atoms with van der Waals surface area (Å²) < 4.78 is 26.5.